The molecule has 1 N–H and O–H groups in total. The third-order valence-electron chi connectivity index (χ3n) is 5.60. The molecular formula is C22H15BrCl2FNO3. The van der Waals surface area contributed by atoms with Gasteiger partial charge < -0.3 is 5.11 Å². The number of phenolic OH excluding ortho intramolecular Hbond substituents is 1. The van der Waals surface area contributed by atoms with Crippen molar-refractivity contribution in [2.45, 2.75) is 22.1 Å². The zero-order chi connectivity index (χ0) is 21.8. The van der Waals surface area contributed by atoms with Crippen LogP contribution in [0.3, 0.4) is 0 Å². The number of amides is 2. The largest absolute Gasteiger partial charge is 0.508 e. The molecule has 30 heavy (non-hydrogen) atoms. The number of fused-ring (bicyclic) bond motifs is 1. The second-order valence-electron chi connectivity index (χ2n) is 7.18. The van der Waals surface area contributed by atoms with E-state index in [0.29, 0.717) is 15.6 Å². The number of aromatic hydroxyl groups is 1. The molecule has 1 saturated heterocycles. The molecule has 0 radical (unpaired) electrons. The first-order valence-corrected chi connectivity index (χ1v) is 10.5. The van der Waals surface area contributed by atoms with E-state index < -0.39 is 33.3 Å². The summed E-state index contributed by atoms with van der Waals surface area (Å²) in [5.74, 6) is -2.99. The molecule has 2 aliphatic rings. The lowest BCUT2D eigenvalue weighted by molar-refractivity contribution is -0.122. The summed E-state index contributed by atoms with van der Waals surface area (Å²) in [6.45, 7) is 3.80. The zero-order valence-electron chi connectivity index (χ0n) is 15.4. The number of imide groups is 1. The van der Waals surface area contributed by atoms with Crippen molar-refractivity contribution in [1.82, 2.24) is 0 Å². The second kappa shape index (κ2) is 7.22. The van der Waals surface area contributed by atoms with Crippen LogP contribution in [0.4, 0.5) is 10.1 Å². The van der Waals surface area contributed by atoms with E-state index in [1.807, 2.05) is 0 Å². The molecule has 1 aliphatic carbocycles. The molecule has 8 heteroatoms. The fraction of sp³-hybridized carbons (Fsp3) is 0.182. The molecule has 0 saturated carbocycles. The normalized spacial score (nSPS) is 28.3. The lowest BCUT2D eigenvalue weighted by atomic mass is 9.68. The van der Waals surface area contributed by atoms with Crippen LogP contribution in [-0.4, -0.2) is 26.7 Å². The van der Waals surface area contributed by atoms with E-state index in [2.05, 4.69) is 22.5 Å². The first-order valence-electron chi connectivity index (χ1n) is 8.98. The maximum atomic E-state index is 13.6. The van der Waals surface area contributed by atoms with Crippen LogP contribution < -0.4 is 4.90 Å². The first-order chi connectivity index (χ1) is 14.1. The number of anilines is 1. The van der Waals surface area contributed by atoms with E-state index in [9.17, 15) is 19.1 Å². The smallest absolute Gasteiger partial charge is 0.258 e. The predicted octanol–water partition coefficient (Wildman–Crippen LogP) is 5.42. The molecule has 0 aromatic heterocycles. The van der Waals surface area contributed by atoms with Crippen molar-refractivity contribution in [1.29, 1.82) is 0 Å². The van der Waals surface area contributed by atoms with E-state index in [1.54, 1.807) is 18.2 Å². The number of nitrogens with zero attached hydrogens (tertiary/aromatic N) is 1. The Morgan fingerprint density at radius 1 is 1.17 bits per heavy atom. The number of allylic oxidation sites excluding steroid dienone is 3. The van der Waals surface area contributed by atoms with Gasteiger partial charge in [0.15, 0.2) is 9.75 Å². The SMILES string of the molecule is C=CC1=CC[C@@]2(Cl)C(=O)N(c3ccc(F)cc3)C(=O)[C@@]2(Cl)[C@H]1c1cc(Br)ccc1O. The monoisotopic (exact) mass is 509 g/mol. The molecule has 0 spiro atoms. The molecule has 1 heterocycles. The zero-order valence-corrected chi connectivity index (χ0v) is 18.5. The van der Waals surface area contributed by atoms with Gasteiger partial charge in [-0.1, -0.05) is 34.7 Å². The molecular weight excluding hydrogens is 496 g/mol. The van der Waals surface area contributed by atoms with Crippen LogP contribution in [0.2, 0.25) is 0 Å². The average Bonchev–Trinajstić information content (AvgIpc) is 2.87. The Morgan fingerprint density at radius 2 is 1.83 bits per heavy atom. The van der Waals surface area contributed by atoms with Gasteiger partial charge in [-0.3, -0.25) is 9.59 Å². The summed E-state index contributed by atoms with van der Waals surface area (Å²) in [5.41, 5.74) is 1.06. The summed E-state index contributed by atoms with van der Waals surface area (Å²) in [6.07, 6.45) is 3.22. The lowest BCUT2D eigenvalue weighted by Gasteiger charge is -2.42. The summed E-state index contributed by atoms with van der Waals surface area (Å²) in [6, 6.07) is 9.65. The van der Waals surface area contributed by atoms with Crippen molar-refractivity contribution in [2.75, 3.05) is 4.90 Å². The van der Waals surface area contributed by atoms with Crippen LogP contribution in [0.1, 0.15) is 17.9 Å². The van der Waals surface area contributed by atoms with E-state index in [0.717, 1.165) is 17.0 Å². The second-order valence-corrected chi connectivity index (χ2v) is 9.34. The lowest BCUT2D eigenvalue weighted by Crippen LogP contribution is -2.54. The van der Waals surface area contributed by atoms with Gasteiger partial charge in [-0.05, 0) is 54.5 Å². The van der Waals surface area contributed by atoms with E-state index in [1.165, 1.54) is 24.3 Å². The molecule has 1 aliphatic heterocycles. The fourth-order valence-corrected chi connectivity index (χ4v) is 5.34. The first kappa shape index (κ1) is 21.1. The predicted molar refractivity (Wildman–Crippen MR) is 118 cm³/mol. The van der Waals surface area contributed by atoms with Gasteiger partial charge in [0.05, 0.1) is 5.69 Å². The van der Waals surface area contributed by atoms with Gasteiger partial charge in [0.25, 0.3) is 11.8 Å². The average molecular weight is 511 g/mol. The highest BCUT2D eigenvalue weighted by Gasteiger charge is 2.73. The highest BCUT2D eigenvalue weighted by atomic mass is 79.9. The van der Waals surface area contributed by atoms with Crippen molar-refractivity contribution in [3.05, 3.63) is 82.6 Å². The van der Waals surface area contributed by atoms with E-state index >= 15 is 0 Å². The fourth-order valence-electron chi connectivity index (χ4n) is 4.13. The molecule has 2 amide bonds. The van der Waals surface area contributed by atoms with Crippen LogP contribution in [0.25, 0.3) is 0 Å². The van der Waals surface area contributed by atoms with E-state index in [-0.39, 0.29) is 17.9 Å². The van der Waals surface area contributed by atoms with Gasteiger partial charge in [-0.25, -0.2) is 9.29 Å². The third-order valence-corrected chi connectivity index (χ3v) is 7.51. The molecule has 2 aromatic rings. The van der Waals surface area contributed by atoms with Gasteiger partial charge in [-0.2, -0.15) is 0 Å². The number of hydrogen-bond donors (Lipinski definition) is 1. The minimum Gasteiger partial charge on any atom is -0.508 e. The molecule has 0 bridgehead atoms. The van der Waals surface area contributed by atoms with Crippen LogP contribution in [-0.2, 0) is 9.59 Å². The Kier molecular flexibility index (Phi) is 5.08. The Labute approximate surface area is 190 Å². The van der Waals surface area contributed by atoms with Crippen molar-refractivity contribution in [2.24, 2.45) is 0 Å². The maximum Gasteiger partial charge on any atom is 0.258 e. The summed E-state index contributed by atoms with van der Waals surface area (Å²) < 4.78 is 14.0. The number of carbonyl (C=O) groups excluding carboxylic acids is 2. The highest BCUT2D eigenvalue weighted by Crippen LogP contribution is 2.60. The molecule has 0 unspecified atom stereocenters. The van der Waals surface area contributed by atoms with Crippen LogP contribution in [0.5, 0.6) is 5.75 Å². The molecule has 4 rings (SSSR count). The van der Waals surface area contributed by atoms with Gasteiger partial charge in [-0.15, -0.1) is 23.2 Å². The van der Waals surface area contributed by atoms with Gasteiger partial charge in [0.2, 0.25) is 0 Å². The third kappa shape index (κ3) is 2.77. The molecule has 1 fully saturated rings. The summed E-state index contributed by atoms with van der Waals surface area (Å²) >= 11 is 17.2. The summed E-state index contributed by atoms with van der Waals surface area (Å²) in [4.78, 5) is 24.2. The van der Waals surface area contributed by atoms with Crippen molar-refractivity contribution in [3.8, 4) is 5.75 Å². The van der Waals surface area contributed by atoms with Crippen molar-refractivity contribution >= 4 is 56.6 Å². The Balaban J connectivity index is 1.95. The number of alkyl halides is 2. The summed E-state index contributed by atoms with van der Waals surface area (Å²) in [5, 5.41) is 10.5. The van der Waals surface area contributed by atoms with E-state index in [4.69, 9.17) is 23.2 Å². The Morgan fingerprint density at radius 3 is 2.47 bits per heavy atom. The van der Waals surface area contributed by atoms with Crippen LogP contribution in [0.15, 0.2) is 71.2 Å². The Bertz CT molecular complexity index is 1120. The number of rotatable bonds is 3. The number of hydrogen-bond acceptors (Lipinski definition) is 3. The van der Waals surface area contributed by atoms with Crippen molar-refractivity contribution in [3.63, 3.8) is 0 Å². The van der Waals surface area contributed by atoms with Gasteiger partial charge >= 0.3 is 0 Å². The van der Waals surface area contributed by atoms with Crippen LogP contribution in [0, 0.1) is 5.82 Å². The minimum atomic E-state index is -1.93. The number of halogens is 4. The molecule has 154 valence electrons. The Hall–Kier alpha value is -2.15. The molecule has 2 aromatic carbocycles. The molecule has 3 atom stereocenters. The number of benzene rings is 2. The van der Waals surface area contributed by atoms with Crippen LogP contribution >= 0.6 is 39.1 Å². The van der Waals surface area contributed by atoms with Gasteiger partial charge in [0, 0.05) is 16.0 Å². The quantitative estimate of drug-likeness (QED) is 0.443. The van der Waals surface area contributed by atoms with Gasteiger partial charge in [0.1, 0.15) is 11.6 Å². The minimum absolute atomic E-state index is 0.00700. The number of carbonyl (C=O) groups is 2. The molecule has 4 nitrogen and oxygen atoms in total. The standard InChI is InChI=1S/C22H15BrCl2FNO3/c1-2-12-9-10-21(24)19(29)27(15-6-4-14(26)5-7-15)20(30)22(21,25)18(12)16-11-13(23)3-8-17(16)28/h2-9,11,18,28H,1,10H2/t18-,21-,22+/m1/s1. The number of phenols is 1. The highest BCUT2D eigenvalue weighted by molar-refractivity contribution is 9.10. The van der Waals surface area contributed by atoms with Crippen molar-refractivity contribution < 1.29 is 19.1 Å². The summed E-state index contributed by atoms with van der Waals surface area (Å²) in [7, 11) is 0. The topological polar surface area (TPSA) is 57.6 Å². The maximum absolute atomic E-state index is 13.6.